The first-order valence-electron chi connectivity index (χ1n) is 5.48. The number of H-pyrrole nitrogens is 2. The smallest absolute Gasteiger partial charge is 0.259 e. The number of aromatic amines is 2. The number of aromatic nitrogens is 5. The molecule has 1 aromatic carbocycles. The fourth-order valence-electron chi connectivity index (χ4n) is 1.64. The average molecular weight is 274 g/mol. The number of nitrogen functional groups attached to an aromatic ring is 1. The summed E-state index contributed by atoms with van der Waals surface area (Å²) < 4.78 is 0. The summed E-state index contributed by atoms with van der Waals surface area (Å²) in [5.41, 5.74) is 6.54. The minimum Gasteiger partial charge on any atom is -0.399 e. The van der Waals surface area contributed by atoms with Gasteiger partial charge in [0.25, 0.3) is 5.56 Å². The monoisotopic (exact) mass is 274 g/mol. The van der Waals surface area contributed by atoms with Crippen LogP contribution in [-0.4, -0.2) is 25.1 Å². The number of aryl methyl sites for hydroxylation is 1. The van der Waals surface area contributed by atoms with Crippen LogP contribution in [0.4, 0.5) is 5.69 Å². The largest absolute Gasteiger partial charge is 0.399 e. The Kier molecular flexibility index (Phi) is 2.71. The van der Waals surface area contributed by atoms with Gasteiger partial charge in [-0.1, -0.05) is 0 Å². The first-order valence-corrected chi connectivity index (χ1v) is 6.30. The second kappa shape index (κ2) is 4.39. The molecule has 0 aliphatic heterocycles. The first kappa shape index (κ1) is 11.7. The molecule has 0 radical (unpaired) electrons. The number of nitrogens with one attached hydrogen (secondary N) is 2. The molecular formula is C11H10N6OS. The molecule has 0 bridgehead atoms. The number of nitrogens with two attached hydrogens (primary N) is 1. The zero-order valence-electron chi connectivity index (χ0n) is 9.97. The van der Waals surface area contributed by atoms with Gasteiger partial charge in [-0.2, -0.15) is 0 Å². The lowest BCUT2D eigenvalue weighted by Gasteiger charge is -2.01. The Balaban J connectivity index is 2.06. The molecule has 96 valence electrons. The second-order valence-corrected chi connectivity index (χ2v) is 4.91. The summed E-state index contributed by atoms with van der Waals surface area (Å²) in [6.45, 7) is 1.80. The van der Waals surface area contributed by atoms with Crippen LogP contribution in [-0.2, 0) is 0 Å². The number of hydrogen-bond donors (Lipinski definition) is 3. The van der Waals surface area contributed by atoms with Crippen LogP contribution >= 0.6 is 11.8 Å². The minimum atomic E-state index is -0.230. The Bertz CT molecular complexity index is 808. The van der Waals surface area contributed by atoms with Gasteiger partial charge in [-0.05, 0) is 36.9 Å². The molecule has 4 N–H and O–H groups in total. The molecule has 7 nitrogen and oxygen atoms in total. The summed E-state index contributed by atoms with van der Waals surface area (Å²) in [5, 5.41) is 8.13. The van der Waals surface area contributed by atoms with Crippen molar-refractivity contribution in [2.24, 2.45) is 0 Å². The molecule has 0 aliphatic carbocycles. The van der Waals surface area contributed by atoms with E-state index in [2.05, 4.69) is 25.1 Å². The van der Waals surface area contributed by atoms with Crippen molar-refractivity contribution in [2.75, 3.05) is 5.73 Å². The highest BCUT2D eigenvalue weighted by atomic mass is 32.2. The number of anilines is 1. The SMILES string of the molecule is Cc1nc(Sc2nc3ccc(N)cc3c(=O)[nH]2)n[nH]1. The molecule has 0 amide bonds. The Morgan fingerprint density at radius 3 is 2.89 bits per heavy atom. The molecule has 2 aromatic heterocycles. The summed E-state index contributed by atoms with van der Waals surface area (Å²) in [6.07, 6.45) is 0. The van der Waals surface area contributed by atoms with Crippen LogP contribution in [0.2, 0.25) is 0 Å². The maximum absolute atomic E-state index is 11.9. The van der Waals surface area contributed by atoms with Crippen molar-refractivity contribution in [3.8, 4) is 0 Å². The Hall–Kier alpha value is -2.35. The van der Waals surface area contributed by atoms with Crippen molar-refractivity contribution in [3.63, 3.8) is 0 Å². The van der Waals surface area contributed by atoms with Gasteiger partial charge >= 0.3 is 0 Å². The lowest BCUT2D eigenvalue weighted by Crippen LogP contribution is -2.09. The standard InChI is InChI=1S/C11H10N6OS/c1-5-13-11(17-16-5)19-10-14-8-3-2-6(12)4-7(8)9(18)15-10/h2-4H,12H2,1H3,(H,13,16,17)(H,14,15,18). The summed E-state index contributed by atoms with van der Waals surface area (Å²) in [6, 6.07) is 5.03. The van der Waals surface area contributed by atoms with Crippen LogP contribution in [0.25, 0.3) is 10.9 Å². The van der Waals surface area contributed by atoms with Crippen molar-refractivity contribution in [1.82, 2.24) is 25.1 Å². The normalized spacial score (nSPS) is 11.0. The molecule has 0 atom stereocenters. The van der Waals surface area contributed by atoms with Crippen LogP contribution in [0.5, 0.6) is 0 Å². The van der Waals surface area contributed by atoms with Crippen molar-refractivity contribution in [3.05, 3.63) is 34.4 Å². The van der Waals surface area contributed by atoms with Gasteiger partial charge in [0.1, 0.15) is 5.82 Å². The van der Waals surface area contributed by atoms with E-state index >= 15 is 0 Å². The van der Waals surface area contributed by atoms with Crippen molar-refractivity contribution in [2.45, 2.75) is 17.2 Å². The number of rotatable bonds is 2. The quantitative estimate of drug-likeness (QED) is 0.476. The predicted molar refractivity (Wildman–Crippen MR) is 72.0 cm³/mol. The molecule has 0 aliphatic rings. The molecule has 0 saturated heterocycles. The van der Waals surface area contributed by atoms with Gasteiger partial charge in [-0.15, -0.1) is 5.10 Å². The van der Waals surface area contributed by atoms with E-state index in [1.54, 1.807) is 25.1 Å². The number of fused-ring (bicyclic) bond motifs is 1. The van der Waals surface area contributed by atoms with Crippen molar-refractivity contribution >= 4 is 28.4 Å². The van der Waals surface area contributed by atoms with E-state index in [-0.39, 0.29) is 5.56 Å². The predicted octanol–water partition coefficient (Wildman–Crippen LogP) is 1.08. The van der Waals surface area contributed by atoms with Gasteiger partial charge in [0.2, 0.25) is 5.16 Å². The number of nitrogens with zero attached hydrogens (tertiary/aromatic N) is 3. The summed E-state index contributed by atoms with van der Waals surface area (Å²) in [7, 11) is 0. The third-order valence-electron chi connectivity index (χ3n) is 2.47. The van der Waals surface area contributed by atoms with E-state index in [1.165, 1.54) is 11.8 Å². The highest BCUT2D eigenvalue weighted by Gasteiger charge is 2.08. The van der Waals surface area contributed by atoms with Crippen LogP contribution in [0, 0.1) is 6.92 Å². The molecule has 3 aromatic rings. The van der Waals surface area contributed by atoms with E-state index in [1.807, 2.05) is 0 Å². The molecule has 0 spiro atoms. The third-order valence-corrected chi connectivity index (χ3v) is 3.22. The van der Waals surface area contributed by atoms with Crippen molar-refractivity contribution in [1.29, 1.82) is 0 Å². The third kappa shape index (κ3) is 2.29. The fourth-order valence-corrected chi connectivity index (χ4v) is 2.37. The van der Waals surface area contributed by atoms with Crippen LogP contribution < -0.4 is 11.3 Å². The molecule has 0 unspecified atom stereocenters. The number of hydrogen-bond acceptors (Lipinski definition) is 6. The van der Waals surface area contributed by atoms with Gasteiger partial charge in [-0.25, -0.2) is 9.97 Å². The Morgan fingerprint density at radius 1 is 1.32 bits per heavy atom. The molecular weight excluding hydrogens is 264 g/mol. The Labute approximate surface area is 111 Å². The highest BCUT2D eigenvalue weighted by molar-refractivity contribution is 7.99. The second-order valence-electron chi connectivity index (χ2n) is 3.95. The number of benzene rings is 1. The zero-order valence-corrected chi connectivity index (χ0v) is 10.8. The van der Waals surface area contributed by atoms with E-state index in [4.69, 9.17) is 5.73 Å². The Morgan fingerprint density at radius 2 is 2.16 bits per heavy atom. The van der Waals surface area contributed by atoms with E-state index in [0.717, 1.165) is 0 Å². The molecule has 0 fully saturated rings. The molecule has 8 heteroatoms. The fraction of sp³-hybridized carbons (Fsp3) is 0.0909. The molecule has 2 heterocycles. The molecule has 0 saturated carbocycles. The van der Waals surface area contributed by atoms with Gasteiger partial charge in [0, 0.05) is 5.69 Å². The summed E-state index contributed by atoms with van der Waals surface area (Å²) >= 11 is 1.19. The van der Waals surface area contributed by atoms with Crippen molar-refractivity contribution < 1.29 is 0 Å². The average Bonchev–Trinajstić information content (AvgIpc) is 2.76. The lowest BCUT2D eigenvalue weighted by molar-refractivity contribution is 0.936. The van der Waals surface area contributed by atoms with Gasteiger partial charge in [-0.3, -0.25) is 9.89 Å². The van der Waals surface area contributed by atoms with E-state index in [0.29, 0.717) is 32.7 Å². The van der Waals surface area contributed by atoms with Crippen LogP contribution in [0.15, 0.2) is 33.3 Å². The van der Waals surface area contributed by atoms with Gasteiger partial charge < -0.3 is 10.7 Å². The highest BCUT2D eigenvalue weighted by Crippen LogP contribution is 2.21. The molecule has 3 rings (SSSR count). The topological polar surface area (TPSA) is 113 Å². The van der Waals surface area contributed by atoms with Gasteiger partial charge in [0.15, 0.2) is 5.16 Å². The summed E-state index contributed by atoms with van der Waals surface area (Å²) in [5.74, 6) is 0.707. The lowest BCUT2D eigenvalue weighted by atomic mass is 10.2. The zero-order chi connectivity index (χ0) is 13.4. The minimum absolute atomic E-state index is 0.230. The summed E-state index contributed by atoms with van der Waals surface area (Å²) in [4.78, 5) is 23.1. The first-order chi connectivity index (χ1) is 9.11. The van der Waals surface area contributed by atoms with E-state index in [9.17, 15) is 4.79 Å². The van der Waals surface area contributed by atoms with E-state index < -0.39 is 0 Å². The van der Waals surface area contributed by atoms with Crippen LogP contribution in [0.1, 0.15) is 5.82 Å². The maximum atomic E-state index is 11.9. The maximum Gasteiger partial charge on any atom is 0.259 e. The van der Waals surface area contributed by atoms with Crippen LogP contribution in [0.3, 0.4) is 0 Å². The van der Waals surface area contributed by atoms with Gasteiger partial charge in [0.05, 0.1) is 10.9 Å². The molecule has 19 heavy (non-hydrogen) atoms.